The number of amides is 1. The van der Waals surface area contributed by atoms with Crippen LogP contribution in [0.2, 0.25) is 0 Å². The maximum absolute atomic E-state index is 12.0. The predicted octanol–water partition coefficient (Wildman–Crippen LogP) is 0.890. The number of aliphatic hydroxyl groups is 1. The molecule has 1 saturated carbocycles. The van der Waals surface area contributed by atoms with Gasteiger partial charge in [0.25, 0.3) is 0 Å². The van der Waals surface area contributed by atoms with E-state index in [1.165, 1.54) is 12.8 Å². The van der Waals surface area contributed by atoms with E-state index in [9.17, 15) is 4.79 Å². The lowest BCUT2D eigenvalue weighted by Gasteiger charge is -2.29. The number of hydrogen-bond acceptors (Lipinski definition) is 3. The molecule has 1 aliphatic carbocycles. The molecule has 1 saturated heterocycles. The zero-order valence-electron chi connectivity index (χ0n) is 10.7. The molecule has 4 nitrogen and oxygen atoms in total. The van der Waals surface area contributed by atoms with Crippen molar-refractivity contribution in [3.05, 3.63) is 0 Å². The first kappa shape index (κ1) is 12.8. The van der Waals surface area contributed by atoms with Crippen LogP contribution in [0.5, 0.6) is 0 Å². The van der Waals surface area contributed by atoms with Crippen LogP contribution in [0.4, 0.5) is 0 Å². The Morgan fingerprint density at radius 1 is 1.47 bits per heavy atom. The van der Waals surface area contributed by atoms with Gasteiger partial charge in [-0.1, -0.05) is 0 Å². The molecule has 2 atom stereocenters. The zero-order chi connectivity index (χ0) is 12.3. The highest BCUT2D eigenvalue weighted by Gasteiger charge is 2.33. The number of nitrogens with zero attached hydrogens (tertiary/aromatic N) is 1. The maximum atomic E-state index is 12.0. The van der Waals surface area contributed by atoms with E-state index in [4.69, 9.17) is 5.11 Å². The Bertz CT molecular complexity index is 266. The summed E-state index contributed by atoms with van der Waals surface area (Å²) in [5, 5.41) is 12.0. The number of aliphatic hydroxyl groups excluding tert-OH is 1. The average molecular weight is 240 g/mol. The quantitative estimate of drug-likeness (QED) is 0.725. The Hall–Kier alpha value is -0.610. The molecule has 17 heavy (non-hydrogen) atoms. The molecular formula is C13H24N2O2. The predicted molar refractivity (Wildman–Crippen MR) is 66.7 cm³/mol. The highest BCUT2D eigenvalue weighted by Crippen LogP contribution is 2.25. The normalized spacial score (nSPS) is 27.1. The molecule has 2 fully saturated rings. The fraction of sp³-hybridized carbons (Fsp3) is 0.923. The van der Waals surface area contributed by atoms with Crippen molar-refractivity contribution < 1.29 is 9.90 Å². The monoisotopic (exact) mass is 240 g/mol. The van der Waals surface area contributed by atoms with Crippen LogP contribution < -0.4 is 5.32 Å². The van der Waals surface area contributed by atoms with Gasteiger partial charge in [0.15, 0.2) is 0 Å². The lowest BCUT2D eigenvalue weighted by atomic mass is 10.1. The molecule has 0 spiro atoms. The Kier molecular flexibility index (Phi) is 4.40. The number of hydrogen-bond donors (Lipinski definition) is 2. The molecule has 2 N–H and O–H groups in total. The number of likely N-dealkylation sites (tertiary alicyclic amines) is 1. The van der Waals surface area contributed by atoms with Crippen LogP contribution in [0.1, 0.15) is 45.4 Å². The summed E-state index contributed by atoms with van der Waals surface area (Å²) >= 11 is 0. The van der Waals surface area contributed by atoms with Gasteiger partial charge >= 0.3 is 0 Å². The SMILES string of the molecule is CC(C(=O)NC1CC1)N1CCCC1CCCO. The molecule has 0 aromatic carbocycles. The van der Waals surface area contributed by atoms with E-state index in [-0.39, 0.29) is 18.6 Å². The van der Waals surface area contributed by atoms with Gasteiger partial charge in [-0.25, -0.2) is 0 Å². The van der Waals surface area contributed by atoms with Crippen molar-refractivity contribution in [3.63, 3.8) is 0 Å². The Labute approximate surface area is 103 Å². The molecule has 0 bridgehead atoms. The summed E-state index contributed by atoms with van der Waals surface area (Å²) in [4.78, 5) is 14.3. The smallest absolute Gasteiger partial charge is 0.237 e. The Morgan fingerprint density at radius 3 is 2.88 bits per heavy atom. The second-order valence-electron chi connectivity index (χ2n) is 5.36. The van der Waals surface area contributed by atoms with Gasteiger partial charge in [0, 0.05) is 18.7 Å². The molecule has 0 aromatic rings. The fourth-order valence-electron chi connectivity index (χ4n) is 2.70. The van der Waals surface area contributed by atoms with Gasteiger partial charge in [-0.05, 0) is 52.0 Å². The zero-order valence-corrected chi connectivity index (χ0v) is 10.7. The van der Waals surface area contributed by atoms with E-state index in [0.29, 0.717) is 12.1 Å². The van der Waals surface area contributed by atoms with Crippen LogP contribution in [0.15, 0.2) is 0 Å². The van der Waals surface area contributed by atoms with Gasteiger partial charge in [0.05, 0.1) is 6.04 Å². The molecule has 1 amide bonds. The Balaban J connectivity index is 1.82. The van der Waals surface area contributed by atoms with Crippen LogP contribution in [0, 0.1) is 0 Å². The minimum Gasteiger partial charge on any atom is -0.396 e. The summed E-state index contributed by atoms with van der Waals surface area (Å²) in [6.45, 7) is 3.29. The molecule has 1 heterocycles. The maximum Gasteiger partial charge on any atom is 0.237 e. The van der Waals surface area contributed by atoms with E-state index in [1.54, 1.807) is 0 Å². The fourth-order valence-corrected chi connectivity index (χ4v) is 2.70. The highest BCUT2D eigenvalue weighted by molar-refractivity contribution is 5.81. The molecule has 4 heteroatoms. The lowest BCUT2D eigenvalue weighted by Crippen LogP contribution is -2.47. The number of rotatable bonds is 6. The van der Waals surface area contributed by atoms with Gasteiger partial charge in [0.1, 0.15) is 0 Å². The molecule has 2 unspecified atom stereocenters. The van der Waals surface area contributed by atoms with Gasteiger partial charge in [0.2, 0.25) is 5.91 Å². The Morgan fingerprint density at radius 2 is 2.24 bits per heavy atom. The molecule has 2 rings (SSSR count). The highest BCUT2D eigenvalue weighted by atomic mass is 16.3. The summed E-state index contributed by atoms with van der Waals surface area (Å²) in [5.41, 5.74) is 0. The molecule has 98 valence electrons. The third-order valence-electron chi connectivity index (χ3n) is 3.92. The van der Waals surface area contributed by atoms with Crippen molar-refractivity contribution in [2.45, 2.75) is 63.6 Å². The van der Waals surface area contributed by atoms with Gasteiger partial charge < -0.3 is 10.4 Å². The van der Waals surface area contributed by atoms with Crippen molar-refractivity contribution in [3.8, 4) is 0 Å². The van der Waals surface area contributed by atoms with Crippen LogP contribution in [-0.2, 0) is 4.79 Å². The minimum absolute atomic E-state index is 0.0122. The average Bonchev–Trinajstić information content (AvgIpc) is 3.01. The topological polar surface area (TPSA) is 52.6 Å². The summed E-state index contributed by atoms with van der Waals surface area (Å²) in [5.74, 6) is 0.184. The van der Waals surface area contributed by atoms with Crippen molar-refractivity contribution in [1.29, 1.82) is 0 Å². The largest absolute Gasteiger partial charge is 0.396 e. The number of nitrogens with one attached hydrogen (secondary N) is 1. The summed E-state index contributed by atoms with van der Waals surface area (Å²) in [6.07, 6.45) is 6.49. The second kappa shape index (κ2) is 5.83. The minimum atomic E-state index is -0.0122. The van der Waals surface area contributed by atoms with E-state index in [1.807, 2.05) is 6.92 Å². The van der Waals surface area contributed by atoms with Crippen LogP contribution >= 0.6 is 0 Å². The van der Waals surface area contributed by atoms with E-state index in [2.05, 4.69) is 10.2 Å². The van der Waals surface area contributed by atoms with Crippen molar-refractivity contribution >= 4 is 5.91 Å². The molecule has 1 aliphatic heterocycles. The van der Waals surface area contributed by atoms with Crippen molar-refractivity contribution in [1.82, 2.24) is 10.2 Å². The van der Waals surface area contributed by atoms with Crippen molar-refractivity contribution in [2.24, 2.45) is 0 Å². The first-order valence-corrected chi connectivity index (χ1v) is 6.89. The molecule has 0 aromatic heterocycles. The van der Waals surface area contributed by atoms with E-state index >= 15 is 0 Å². The number of carbonyl (C=O) groups excluding carboxylic acids is 1. The van der Waals surface area contributed by atoms with Crippen LogP contribution in [0.25, 0.3) is 0 Å². The molecule has 0 radical (unpaired) electrons. The van der Waals surface area contributed by atoms with E-state index in [0.717, 1.165) is 32.2 Å². The lowest BCUT2D eigenvalue weighted by molar-refractivity contribution is -0.126. The molecular weight excluding hydrogens is 216 g/mol. The van der Waals surface area contributed by atoms with Gasteiger partial charge in [-0.3, -0.25) is 9.69 Å². The standard InChI is InChI=1S/C13H24N2O2/c1-10(13(17)14-11-6-7-11)15-8-2-4-12(15)5-3-9-16/h10-12,16H,2-9H2,1H3,(H,14,17). The van der Waals surface area contributed by atoms with E-state index < -0.39 is 0 Å². The van der Waals surface area contributed by atoms with Crippen molar-refractivity contribution in [2.75, 3.05) is 13.2 Å². The third-order valence-corrected chi connectivity index (χ3v) is 3.92. The van der Waals surface area contributed by atoms with Gasteiger partial charge in [-0.15, -0.1) is 0 Å². The second-order valence-corrected chi connectivity index (χ2v) is 5.36. The van der Waals surface area contributed by atoms with Gasteiger partial charge in [-0.2, -0.15) is 0 Å². The number of carbonyl (C=O) groups is 1. The summed E-state index contributed by atoms with van der Waals surface area (Å²) in [6, 6.07) is 0.923. The summed E-state index contributed by atoms with van der Waals surface area (Å²) < 4.78 is 0. The third kappa shape index (κ3) is 3.42. The first-order valence-electron chi connectivity index (χ1n) is 6.89. The first-order chi connectivity index (χ1) is 8.22. The van der Waals surface area contributed by atoms with Crippen LogP contribution in [-0.4, -0.2) is 47.2 Å². The molecule has 2 aliphatic rings. The summed E-state index contributed by atoms with van der Waals surface area (Å²) in [7, 11) is 0. The van der Waals surface area contributed by atoms with Crippen LogP contribution in [0.3, 0.4) is 0 Å².